The quantitative estimate of drug-likeness (QED) is 0.786. The molecule has 1 N–H and O–H groups in total. The molecule has 0 saturated carbocycles. The van der Waals surface area contributed by atoms with E-state index in [9.17, 15) is 4.79 Å². The molecule has 1 amide bonds. The molecule has 2 aromatic rings. The molecule has 0 spiro atoms. The van der Waals surface area contributed by atoms with Gasteiger partial charge < -0.3 is 5.32 Å². The van der Waals surface area contributed by atoms with E-state index in [-0.39, 0.29) is 5.91 Å². The molecule has 0 aliphatic carbocycles. The Morgan fingerprint density at radius 1 is 1.00 bits per heavy atom. The first kappa shape index (κ1) is 9.46. The molecular weight excluding hydrogens is 186 g/mol. The van der Waals surface area contributed by atoms with Crippen molar-refractivity contribution >= 4 is 11.6 Å². The standard InChI is InChI=1S/C13H10NO/c15-13(11-7-3-1-4-8-11)14-12-9-5-2-6-10-12/h2-10H,(H,14,15). The van der Waals surface area contributed by atoms with Crippen LogP contribution in [-0.4, -0.2) is 5.91 Å². The Hall–Kier alpha value is -2.09. The summed E-state index contributed by atoms with van der Waals surface area (Å²) in [5.41, 5.74) is 1.44. The van der Waals surface area contributed by atoms with Crippen LogP contribution in [0.3, 0.4) is 0 Å². The predicted molar refractivity (Wildman–Crippen MR) is 59.7 cm³/mol. The van der Waals surface area contributed by atoms with Gasteiger partial charge in [0.1, 0.15) is 0 Å². The summed E-state index contributed by atoms with van der Waals surface area (Å²) in [6.45, 7) is 0. The lowest BCUT2D eigenvalue weighted by Crippen LogP contribution is -2.11. The number of para-hydroxylation sites is 1. The van der Waals surface area contributed by atoms with E-state index in [1.54, 1.807) is 24.3 Å². The van der Waals surface area contributed by atoms with Gasteiger partial charge in [-0.2, -0.15) is 0 Å². The molecular formula is C13H10NO. The second-order valence-corrected chi connectivity index (χ2v) is 3.11. The SMILES string of the molecule is O=C(Nc1ccccc1)c1cc[c]cc1. The number of amides is 1. The first-order valence-corrected chi connectivity index (χ1v) is 4.69. The first-order valence-electron chi connectivity index (χ1n) is 4.69. The molecule has 15 heavy (non-hydrogen) atoms. The van der Waals surface area contributed by atoms with Crippen molar-refractivity contribution in [2.24, 2.45) is 0 Å². The molecule has 0 fully saturated rings. The van der Waals surface area contributed by atoms with Gasteiger partial charge in [0.15, 0.2) is 0 Å². The number of carbonyl (C=O) groups excluding carboxylic acids is 1. The van der Waals surface area contributed by atoms with Crippen molar-refractivity contribution in [2.75, 3.05) is 5.32 Å². The van der Waals surface area contributed by atoms with Gasteiger partial charge in [0.25, 0.3) is 5.91 Å². The summed E-state index contributed by atoms with van der Waals surface area (Å²) >= 11 is 0. The number of carbonyl (C=O) groups is 1. The van der Waals surface area contributed by atoms with E-state index in [4.69, 9.17) is 0 Å². The lowest BCUT2D eigenvalue weighted by Gasteiger charge is -2.03. The minimum atomic E-state index is -0.102. The summed E-state index contributed by atoms with van der Waals surface area (Å²) in [7, 11) is 0. The smallest absolute Gasteiger partial charge is 0.255 e. The molecule has 0 heterocycles. The zero-order chi connectivity index (χ0) is 10.5. The minimum absolute atomic E-state index is 0.102. The fourth-order valence-electron chi connectivity index (χ4n) is 1.26. The topological polar surface area (TPSA) is 29.1 Å². The Labute approximate surface area is 88.6 Å². The van der Waals surface area contributed by atoms with Crippen LogP contribution >= 0.6 is 0 Å². The summed E-state index contributed by atoms with van der Waals surface area (Å²) in [5, 5.41) is 2.81. The molecule has 1 radical (unpaired) electrons. The van der Waals surface area contributed by atoms with Crippen molar-refractivity contribution in [3.05, 3.63) is 66.2 Å². The van der Waals surface area contributed by atoms with Crippen molar-refractivity contribution in [3.8, 4) is 0 Å². The van der Waals surface area contributed by atoms with Crippen molar-refractivity contribution in [2.45, 2.75) is 0 Å². The fourth-order valence-corrected chi connectivity index (χ4v) is 1.26. The van der Waals surface area contributed by atoms with Crippen LogP contribution in [0.5, 0.6) is 0 Å². The van der Waals surface area contributed by atoms with E-state index in [1.807, 2.05) is 30.3 Å². The third-order valence-corrected chi connectivity index (χ3v) is 2.01. The minimum Gasteiger partial charge on any atom is -0.322 e. The Morgan fingerprint density at radius 2 is 1.67 bits per heavy atom. The summed E-state index contributed by atoms with van der Waals surface area (Å²) in [4.78, 5) is 11.7. The van der Waals surface area contributed by atoms with Crippen LogP contribution in [0.1, 0.15) is 10.4 Å². The Bertz CT molecular complexity index is 437. The molecule has 0 aromatic heterocycles. The van der Waals surface area contributed by atoms with E-state index >= 15 is 0 Å². The summed E-state index contributed by atoms with van der Waals surface area (Å²) < 4.78 is 0. The summed E-state index contributed by atoms with van der Waals surface area (Å²) in [6.07, 6.45) is 0. The highest BCUT2D eigenvalue weighted by atomic mass is 16.1. The normalized spacial score (nSPS) is 9.60. The van der Waals surface area contributed by atoms with Crippen molar-refractivity contribution in [3.63, 3.8) is 0 Å². The zero-order valence-electron chi connectivity index (χ0n) is 8.10. The van der Waals surface area contributed by atoms with Crippen LogP contribution < -0.4 is 5.32 Å². The molecule has 0 saturated heterocycles. The van der Waals surface area contributed by atoms with Crippen LogP contribution in [0, 0.1) is 6.07 Å². The largest absolute Gasteiger partial charge is 0.322 e. The lowest BCUT2D eigenvalue weighted by molar-refractivity contribution is 0.102. The zero-order valence-corrected chi connectivity index (χ0v) is 8.10. The molecule has 73 valence electrons. The second-order valence-electron chi connectivity index (χ2n) is 3.11. The Kier molecular flexibility index (Phi) is 2.79. The monoisotopic (exact) mass is 196 g/mol. The summed E-state index contributed by atoms with van der Waals surface area (Å²) in [5.74, 6) is -0.102. The Balaban J connectivity index is 2.12. The van der Waals surface area contributed by atoms with Gasteiger partial charge in [-0.25, -0.2) is 0 Å². The van der Waals surface area contributed by atoms with E-state index in [0.29, 0.717) is 5.56 Å². The van der Waals surface area contributed by atoms with Crippen molar-refractivity contribution < 1.29 is 4.79 Å². The molecule has 2 rings (SSSR count). The average molecular weight is 196 g/mol. The van der Waals surface area contributed by atoms with Crippen LogP contribution in [0.25, 0.3) is 0 Å². The van der Waals surface area contributed by atoms with E-state index in [0.717, 1.165) is 5.69 Å². The van der Waals surface area contributed by atoms with Gasteiger partial charge in [-0.3, -0.25) is 4.79 Å². The number of hydrogen-bond acceptors (Lipinski definition) is 1. The number of rotatable bonds is 2. The van der Waals surface area contributed by atoms with Crippen molar-refractivity contribution in [1.82, 2.24) is 0 Å². The Morgan fingerprint density at radius 3 is 2.33 bits per heavy atom. The number of benzene rings is 2. The van der Waals surface area contributed by atoms with E-state index < -0.39 is 0 Å². The molecule has 2 nitrogen and oxygen atoms in total. The maximum absolute atomic E-state index is 11.7. The number of anilines is 1. The maximum atomic E-state index is 11.7. The lowest BCUT2D eigenvalue weighted by atomic mass is 10.2. The number of hydrogen-bond donors (Lipinski definition) is 1. The molecule has 0 bridgehead atoms. The molecule has 0 aliphatic heterocycles. The van der Waals surface area contributed by atoms with E-state index in [2.05, 4.69) is 11.4 Å². The van der Waals surface area contributed by atoms with Gasteiger partial charge >= 0.3 is 0 Å². The van der Waals surface area contributed by atoms with Crippen molar-refractivity contribution in [1.29, 1.82) is 0 Å². The fraction of sp³-hybridized carbons (Fsp3) is 0. The first-order chi connectivity index (χ1) is 7.36. The highest BCUT2D eigenvalue weighted by molar-refractivity contribution is 6.04. The van der Waals surface area contributed by atoms with Crippen LogP contribution in [0.2, 0.25) is 0 Å². The van der Waals surface area contributed by atoms with E-state index in [1.165, 1.54) is 0 Å². The average Bonchev–Trinajstić information content (AvgIpc) is 2.31. The van der Waals surface area contributed by atoms with Gasteiger partial charge in [0.05, 0.1) is 0 Å². The van der Waals surface area contributed by atoms with Crippen LogP contribution in [0.15, 0.2) is 54.6 Å². The molecule has 0 unspecified atom stereocenters. The van der Waals surface area contributed by atoms with Gasteiger partial charge in [-0.05, 0) is 30.3 Å². The van der Waals surface area contributed by atoms with Crippen LogP contribution in [0.4, 0.5) is 5.69 Å². The summed E-state index contributed by atoms with van der Waals surface area (Å²) in [6, 6.07) is 19.2. The highest BCUT2D eigenvalue weighted by Crippen LogP contribution is 2.07. The van der Waals surface area contributed by atoms with Gasteiger partial charge in [0.2, 0.25) is 0 Å². The third-order valence-electron chi connectivity index (χ3n) is 2.01. The third kappa shape index (κ3) is 2.44. The number of nitrogens with one attached hydrogen (secondary N) is 1. The molecule has 0 aliphatic rings. The highest BCUT2D eigenvalue weighted by Gasteiger charge is 2.03. The second kappa shape index (κ2) is 4.42. The molecule has 0 atom stereocenters. The predicted octanol–water partition coefficient (Wildman–Crippen LogP) is 2.74. The van der Waals surface area contributed by atoms with Gasteiger partial charge in [-0.1, -0.05) is 30.3 Å². The molecule has 2 aromatic carbocycles. The maximum Gasteiger partial charge on any atom is 0.255 e. The molecule has 2 heteroatoms. The van der Waals surface area contributed by atoms with Gasteiger partial charge in [0, 0.05) is 11.3 Å². The van der Waals surface area contributed by atoms with Crippen LogP contribution in [-0.2, 0) is 0 Å². The van der Waals surface area contributed by atoms with Gasteiger partial charge in [-0.15, -0.1) is 0 Å².